The number of carbonyl (C=O) groups is 3. The molecule has 0 saturated carbocycles. The molecular formula is C15H14BrNO4S. The molecule has 7 heteroatoms. The second-order valence-corrected chi connectivity index (χ2v) is 6.45. The van der Waals surface area contributed by atoms with E-state index in [2.05, 4.69) is 21.2 Å². The van der Waals surface area contributed by atoms with Gasteiger partial charge in [-0.25, -0.2) is 0 Å². The van der Waals surface area contributed by atoms with Gasteiger partial charge in [0.2, 0.25) is 11.7 Å². The van der Waals surface area contributed by atoms with Crippen molar-refractivity contribution in [2.75, 3.05) is 6.61 Å². The molecule has 1 atom stereocenters. The summed E-state index contributed by atoms with van der Waals surface area (Å²) in [5.74, 6) is -0.951. The number of esters is 1. The molecule has 1 unspecified atom stereocenters. The highest BCUT2D eigenvalue weighted by Crippen LogP contribution is 2.34. The third-order valence-electron chi connectivity index (χ3n) is 2.88. The van der Waals surface area contributed by atoms with Crippen molar-refractivity contribution in [2.45, 2.75) is 18.6 Å². The molecule has 1 saturated heterocycles. The number of hydrogen-bond donors (Lipinski definition) is 1. The molecule has 5 nitrogen and oxygen atoms in total. The number of thioether (sulfide) groups is 1. The number of nitrogens with one attached hydrogen (secondary N) is 1. The van der Waals surface area contributed by atoms with Crippen molar-refractivity contribution in [1.82, 2.24) is 5.32 Å². The molecule has 1 heterocycles. The van der Waals surface area contributed by atoms with Gasteiger partial charge >= 0.3 is 5.97 Å². The maximum Gasteiger partial charge on any atom is 0.307 e. The van der Waals surface area contributed by atoms with Crippen LogP contribution >= 0.6 is 27.7 Å². The van der Waals surface area contributed by atoms with Gasteiger partial charge in [0.15, 0.2) is 0 Å². The van der Waals surface area contributed by atoms with Crippen LogP contribution in [0.4, 0.5) is 0 Å². The Bertz CT molecular complexity index is 630. The summed E-state index contributed by atoms with van der Waals surface area (Å²) in [6.07, 6.45) is -0.0202. The van der Waals surface area contributed by atoms with Crippen LogP contribution in [-0.4, -0.2) is 29.5 Å². The lowest BCUT2D eigenvalue weighted by atomic mass is 10.1. The minimum Gasteiger partial charge on any atom is -0.466 e. The number of ketones is 1. The van der Waals surface area contributed by atoms with Crippen LogP contribution in [0.25, 0.3) is 0 Å². The molecule has 1 aromatic rings. The topological polar surface area (TPSA) is 72.5 Å². The monoisotopic (exact) mass is 383 g/mol. The number of allylic oxidation sites excluding steroid dienone is 1. The number of amides is 1. The molecule has 1 N–H and O–H groups in total. The van der Waals surface area contributed by atoms with E-state index in [1.165, 1.54) is 0 Å². The summed E-state index contributed by atoms with van der Waals surface area (Å²) in [4.78, 5) is 35.7. The van der Waals surface area contributed by atoms with Crippen molar-refractivity contribution in [3.8, 4) is 0 Å². The van der Waals surface area contributed by atoms with Gasteiger partial charge in [-0.2, -0.15) is 0 Å². The van der Waals surface area contributed by atoms with Crippen molar-refractivity contribution in [2.24, 2.45) is 0 Å². The highest BCUT2D eigenvalue weighted by Gasteiger charge is 2.34. The predicted octanol–water partition coefficient (Wildman–Crippen LogP) is 2.62. The Morgan fingerprint density at radius 2 is 2.00 bits per heavy atom. The number of halogens is 1. The molecule has 0 radical (unpaired) electrons. The molecule has 0 bridgehead atoms. The van der Waals surface area contributed by atoms with Crippen LogP contribution in [0.15, 0.2) is 39.8 Å². The van der Waals surface area contributed by atoms with E-state index in [9.17, 15) is 14.4 Å². The Labute approximate surface area is 140 Å². The first kappa shape index (κ1) is 16.8. The highest BCUT2D eigenvalue weighted by atomic mass is 79.9. The number of rotatable bonds is 5. The highest BCUT2D eigenvalue weighted by molar-refractivity contribution is 9.12. The van der Waals surface area contributed by atoms with Crippen molar-refractivity contribution in [1.29, 1.82) is 0 Å². The zero-order chi connectivity index (χ0) is 16.1. The molecule has 0 aromatic heterocycles. The lowest BCUT2D eigenvalue weighted by Crippen LogP contribution is -2.25. The summed E-state index contributed by atoms with van der Waals surface area (Å²) in [5, 5.41) is 2.48. The van der Waals surface area contributed by atoms with Gasteiger partial charge in [0.1, 0.15) is 5.25 Å². The molecular weight excluding hydrogens is 370 g/mol. The first-order chi connectivity index (χ1) is 10.5. The first-order valence-corrected chi connectivity index (χ1v) is 8.32. The van der Waals surface area contributed by atoms with E-state index >= 15 is 0 Å². The molecule has 1 fully saturated rings. The normalized spacial score (nSPS) is 19.5. The van der Waals surface area contributed by atoms with Crippen molar-refractivity contribution >= 4 is 45.4 Å². The Morgan fingerprint density at radius 1 is 1.32 bits per heavy atom. The summed E-state index contributed by atoms with van der Waals surface area (Å²) in [5.41, 5.74) is 0.519. The van der Waals surface area contributed by atoms with Crippen LogP contribution in [0.2, 0.25) is 0 Å². The van der Waals surface area contributed by atoms with E-state index in [0.717, 1.165) is 11.8 Å². The maximum absolute atomic E-state index is 12.3. The second kappa shape index (κ2) is 7.60. The Hall–Kier alpha value is -1.60. The number of carbonyl (C=O) groups excluding carboxylic acids is 3. The van der Waals surface area contributed by atoms with Gasteiger partial charge in [-0.1, -0.05) is 42.1 Å². The fourth-order valence-corrected chi connectivity index (χ4v) is 3.48. The van der Waals surface area contributed by atoms with Gasteiger partial charge in [-0.05, 0) is 22.9 Å². The largest absolute Gasteiger partial charge is 0.466 e. The lowest BCUT2D eigenvalue weighted by Gasteiger charge is -2.05. The quantitative estimate of drug-likeness (QED) is 0.480. The Balaban J connectivity index is 2.11. The van der Waals surface area contributed by atoms with Crippen molar-refractivity contribution < 1.29 is 19.1 Å². The predicted molar refractivity (Wildman–Crippen MR) is 87.5 cm³/mol. The van der Waals surface area contributed by atoms with Gasteiger partial charge in [0, 0.05) is 5.56 Å². The second-order valence-electron chi connectivity index (χ2n) is 4.44. The molecule has 2 rings (SSSR count). The van der Waals surface area contributed by atoms with Crippen LogP contribution < -0.4 is 5.32 Å². The summed E-state index contributed by atoms with van der Waals surface area (Å²) < 4.78 is 5.12. The van der Waals surface area contributed by atoms with Gasteiger partial charge in [0.05, 0.1) is 22.5 Å². The van der Waals surface area contributed by atoms with E-state index in [1.54, 1.807) is 31.2 Å². The third kappa shape index (κ3) is 3.98. The van der Waals surface area contributed by atoms with Gasteiger partial charge in [0.25, 0.3) is 0 Å². The molecule has 116 valence electrons. The third-order valence-corrected chi connectivity index (χ3v) is 5.11. The summed E-state index contributed by atoms with van der Waals surface area (Å²) in [6, 6.07) is 8.74. The number of benzene rings is 1. The average molecular weight is 384 g/mol. The molecule has 1 amide bonds. The summed E-state index contributed by atoms with van der Waals surface area (Å²) >= 11 is 4.39. The van der Waals surface area contributed by atoms with Crippen LogP contribution in [0.3, 0.4) is 0 Å². The van der Waals surface area contributed by atoms with Crippen molar-refractivity contribution in [3.63, 3.8) is 0 Å². The number of Topliss-reactive ketones (excluding diaryl/α,β-unsaturated/α-hetero) is 1. The zero-order valence-electron chi connectivity index (χ0n) is 11.8. The maximum atomic E-state index is 12.3. The van der Waals surface area contributed by atoms with Gasteiger partial charge < -0.3 is 10.1 Å². The summed E-state index contributed by atoms with van der Waals surface area (Å²) in [7, 11) is 0. The van der Waals surface area contributed by atoms with Crippen LogP contribution in [-0.2, 0) is 14.3 Å². The lowest BCUT2D eigenvalue weighted by molar-refractivity contribution is -0.144. The van der Waals surface area contributed by atoms with E-state index in [-0.39, 0.29) is 29.2 Å². The number of ether oxygens (including phenoxy) is 1. The fraction of sp³-hybridized carbons (Fsp3) is 0.267. The Morgan fingerprint density at radius 3 is 2.64 bits per heavy atom. The molecule has 22 heavy (non-hydrogen) atoms. The van der Waals surface area contributed by atoms with E-state index in [4.69, 9.17) is 4.74 Å². The van der Waals surface area contributed by atoms with E-state index in [1.807, 2.05) is 6.07 Å². The van der Waals surface area contributed by atoms with Crippen LogP contribution in [0, 0.1) is 0 Å². The zero-order valence-corrected chi connectivity index (χ0v) is 14.2. The number of hydrogen-bond acceptors (Lipinski definition) is 5. The van der Waals surface area contributed by atoms with Gasteiger partial charge in [-0.3, -0.25) is 14.4 Å². The molecule has 1 aromatic carbocycles. The smallest absolute Gasteiger partial charge is 0.307 e. The SMILES string of the molecule is CCOC(=O)CC1S/C(=C(/Br)C(=O)c2ccccc2)NC1=O. The van der Waals surface area contributed by atoms with Gasteiger partial charge in [-0.15, -0.1) is 0 Å². The molecule has 1 aliphatic heterocycles. The van der Waals surface area contributed by atoms with E-state index in [0.29, 0.717) is 10.6 Å². The van der Waals surface area contributed by atoms with Crippen LogP contribution in [0.1, 0.15) is 23.7 Å². The molecule has 0 aliphatic carbocycles. The fourth-order valence-electron chi connectivity index (χ4n) is 1.85. The average Bonchev–Trinajstić information content (AvgIpc) is 2.88. The molecule has 0 spiro atoms. The molecule has 1 aliphatic rings. The Kier molecular flexibility index (Phi) is 5.79. The first-order valence-electron chi connectivity index (χ1n) is 6.65. The standard InChI is InChI=1S/C15H14BrNO4S/c1-2-21-11(18)8-10-14(20)17-15(22-10)12(16)13(19)9-6-4-3-5-7-9/h3-7,10H,2,8H2,1H3,(H,17,20)/b15-12+. The summed E-state index contributed by atoms with van der Waals surface area (Å²) in [6.45, 7) is 1.98. The van der Waals surface area contributed by atoms with E-state index < -0.39 is 11.2 Å². The minimum atomic E-state index is -0.579. The van der Waals surface area contributed by atoms with Crippen LogP contribution in [0.5, 0.6) is 0 Å². The minimum absolute atomic E-state index is 0.0202. The van der Waals surface area contributed by atoms with Crippen molar-refractivity contribution in [3.05, 3.63) is 45.4 Å².